The van der Waals surface area contributed by atoms with Crippen LogP contribution in [0.4, 0.5) is 0 Å². The number of rotatable bonds is 0. The summed E-state index contributed by atoms with van der Waals surface area (Å²) in [6.07, 6.45) is 1.58. The predicted octanol–water partition coefficient (Wildman–Crippen LogP) is -0.604. The van der Waals surface area contributed by atoms with Gasteiger partial charge < -0.3 is 0 Å². The Balaban J connectivity index is 2.39. The molecule has 0 saturated carbocycles. The summed E-state index contributed by atoms with van der Waals surface area (Å²) >= 11 is 0. The molecule has 2 heterocycles. The smallest absolute Gasteiger partial charge is 0.142 e. The van der Waals surface area contributed by atoms with Crippen molar-refractivity contribution < 1.29 is 0 Å². The Hall–Kier alpha value is -0.900. The highest BCUT2D eigenvalue weighted by molar-refractivity contribution is 4.86. The number of aromatic nitrogens is 3. The molecule has 0 N–H and O–H groups in total. The van der Waals surface area contributed by atoms with Crippen LogP contribution in [-0.4, -0.2) is 21.3 Å². The van der Waals surface area contributed by atoms with Gasteiger partial charge in [0, 0.05) is 6.54 Å². The first-order valence-corrected chi connectivity index (χ1v) is 2.97. The Morgan fingerprint density at radius 3 is 3.44 bits per heavy atom. The topological polar surface area (TPSA) is 44.8 Å². The van der Waals surface area contributed by atoms with E-state index in [1.807, 2.05) is 4.68 Å². The predicted molar refractivity (Wildman–Crippen MR) is 30.7 cm³/mol. The zero-order chi connectivity index (χ0) is 6.10. The van der Waals surface area contributed by atoms with E-state index >= 15 is 0 Å². The second-order valence-electron chi connectivity index (χ2n) is 2.00. The quantitative estimate of drug-likeness (QED) is 0.462. The van der Waals surface area contributed by atoms with E-state index in [1.54, 1.807) is 6.33 Å². The number of hydrogen-bond acceptors (Lipinski definition) is 2. The first-order chi connectivity index (χ1) is 4.47. The van der Waals surface area contributed by atoms with E-state index in [4.69, 9.17) is 0 Å². The van der Waals surface area contributed by atoms with E-state index < -0.39 is 0 Å². The van der Waals surface area contributed by atoms with Crippen molar-refractivity contribution >= 4 is 0 Å². The van der Waals surface area contributed by atoms with Gasteiger partial charge in [-0.2, -0.15) is 5.10 Å². The Labute approximate surface area is 52.9 Å². The van der Waals surface area contributed by atoms with E-state index in [0.29, 0.717) is 0 Å². The van der Waals surface area contributed by atoms with Gasteiger partial charge in [0.25, 0.3) is 0 Å². The van der Waals surface area contributed by atoms with E-state index in [1.165, 1.54) is 0 Å². The van der Waals surface area contributed by atoms with Gasteiger partial charge in [0.05, 0.1) is 13.1 Å². The van der Waals surface area contributed by atoms with Gasteiger partial charge >= 0.3 is 0 Å². The SMILES string of the molecule is c1nc2n(n1)CC[N]C2. The van der Waals surface area contributed by atoms with Crippen LogP contribution in [-0.2, 0) is 13.1 Å². The fourth-order valence-electron chi connectivity index (χ4n) is 0.942. The Morgan fingerprint density at radius 1 is 1.56 bits per heavy atom. The number of fused-ring (bicyclic) bond motifs is 1. The molecule has 0 aromatic carbocycles. The maximum Gasteiger partial charge on any atom is 0.142 e. The highest BCUT2D eigenvalue weighted by Crippen LogP contribution is 1.98. The summed E-state index contributed by atoms with van der Waals surface area (Å²) in [7, 11) is 0. The summed E-state index contributed by atoms with van der Waals surface area (Å²) in [4.78, 5) is 4.01. The molecule has 47 valence electrons. The maximum atomic E-state index is 4.17. The molecule has 1 aromatic heterocycles. The molecule has 0 amide bonds. The second kappa shape index (κ2) is 1.80. The third-order valence-electron chi connectivity index (χ3n) is 1.42. The van der Waals surface area contributed by atoms with Crippen molar-refractivity contribution in [3.05, 3.63) is 12.2 Å². The van der Waals surface area contributed by atoms with Crippen LogP contribution < -0.4 is 5.32 Å². The standard InChI is InChI=1S/C5H7N4/c1-2-9-5(3-6-1)7-4-8-9/h4H,1-3H2. The summed E-state index contributed by atoms with van der Waals surface area (Å²) in [5.74, 6) is 0.987. The monoisotopic (exact) mass is 123 g/mol. The lowest BCUT2D eigenvalue weighted by atomic mass is 10.4. The van der Waals surface area contributed by atoms with Crippen LogP contribution in [0.1, 0.15) is 5.82 Å². The number of nitrogens with zero attached hydrogens (tertiary/aromatic N) is 4. The fraction of sp³-hybridized carbons (Fsp3) is 0.600. The normalized spacial score (nSPS) is 17.3. The molecule has 0 aliphatic carbocycles. The van der Waals surface area contributed by atoms with Gasteiger partial charge in [-0.3, -0.25) is 0 Å². The van der Waals surface area contributed by atoms with Gasteiger partial charge in [-0.05, 0) is 0 Å². The minimum atomic E-state index is 0.736. The molecule has 4 nitrogen and oxygen atoms in total. The summed E-state index contributed by atoms with van der Waals surface area (Å²) in [5, 5.41) is 8.17. The van der Waals surface area contributed by atoms with Gasteiger partial charge in [-0.1, -0.05) is 0 Å². The molecule has 9 heavy (non-hydrogen) atoms. The second-order valence-corrected chi connectivity index (χ2v) is 2.00. The molecule has 1 aliphatic heterocycles. The van der Waals surface area contributed by atoms with Crippen LogP contribution in [0.2, 0.25) is 0 Å². The Bertz CT molecular complexity index is 184. The van der Waals surface area contributed by atoms with Gasteiger partial charge in [0.1, 0.15) is 12.2 Å². The molecular weight excluding hydrogens is 116 g/mol. The maximum absolute atomic E-state index is 4.17. The van der Waals surface area contributed by atoms with Crippen molar-refractivity contribution in [2.24, 2.45) is 0 Å². The molecule has 0 unspecified atom stereocenters. The zero-order valence-electron chi connectivity index (χ0n) is 4.99. The lowest BCUT2D eigenvalue weighted by molar-refractivity contribution is 0.461. The fourth-order valence-corrected chi connectivity index (χ4v) is 0.942. The van der Waals surface area contributed by atoms with Crippen molar-refractivity contribution in [1.82, 2.24) is 20.1 Å². The first kappa shape index (κ1) is 4.93. The zero-order valence-corrected chi connectivity index (χ0v) is 4.99. The lowest BCUT2D eigenvalue weighted by Crippen LogP contribution is -2.23. The molecule has 1 aromatic rings. The molecule has 1 radical (unpaired) electrons. The molecule has 0 saturated heterocycles. The van der Waals surface area contributed by atoms with Crippen molar-refractivity contribution in [3.63, 3.8) is 0 Å². The molecule has 4 heteroatoms. The summed E-state index contributed by atoms with van der Waals surface area (Å²) in [6.45, 7) is 2.52. The van der Waals surface area contributed by atoms with Crippen molar-refractivity contribution in [2.45, 2.75) is 13.1 Å². The molecule has 0 fully saturated rings. The van der Waals surface area contributed by atoms with E-state index in [-0.39, 0.29) is 0 Å². The van der Waals surface area contributed by atoms with Crippen LogP contribution in [0.25, 0.3) is 0 Å². The summed E-state index contributed by atoms with van der Waals surface area (Å²) < 4.78 is 1.90. The molecule has 2 rings (SSSR count). The van der Waals surface area contributed by atoms with Crippen molar-refractivity contribution in [1.29, 1.82) is 0 Å². The van der Waals surface area contributed by atoms with E-state index in [0.717, 1.165) is 25.5 Å². The highest BCUT2D eigenvalue weighted by Gasteiger charge is 2.08. The average molecular weight is 123 g/mol. The molecule has 0 spiro atoms. The van der Waals surface area contributed by atoms with E-state index in [9.17, 15) is 0 Å². The van der Waals surface area contributed by atoms with E-state index in [2.05, 4.69) is 15.4 Å². The van der Waals surface area contributed by atoms with Crippen LogP contribution in [0.5, 0.6) is 0 Å². The third kappa shape index (κ3) is 0.712. The Morgan fingerprint density at radius 2 is 2.56 bits per heavy atom. The highest BCUT2D eigenvalue weighted by atomic mass is 15.4. The molecule has 1 aliphatic rings. The minimum absolute atomic E-state index is 0.736. The first-order valence-electron chi connectivity index (χ1n) is 2.97. The van der Waals surface area contributed by atoms with Crippen LogP contribution in [0.15, 0.2) is 6.33 Å². The average Bonchev–Trinajstić information content (AvgIpc) is 2.33. The van der Waals surface area contributed by atoms with Crippen molar-refractivity contribution in [2.75, 3.05) is 6.54 Å². The molecular formula is C5H7N4. The van der Waals surface area contributed by atoms with Crippen LogP contribution >= 0.6 is 0 Å². The van der Waals surface area contributed by atoms with Gasteiger partial charge in [0.2, 0.25) is 0 Å². The van der Waals surface area contributed by atoms with Gasteiger partial charge in [-0.25, -0.2) is 15.0 Å². The number of hydrogen-bond donors (Lipinski definition) is 0. The minimum Gasteiger partial charge on any atom is -0.247 e. The van der Waals surface area contributed by atoms with Gasteiger partial charge in [0.15, 0.2) is 0 Å². The summed E-state index contributed by atoms with van der Waals surface area (Å²) in [5.41, 5.74) is 0. The summed E-state index contributed by atoms with van der Waals surface area (Å²) in [6, 6.07) is 0. The van der Waals surface area contributed by atoms with Crippen LogP contribution in [0, 0.1) is 0 Å². The third-order valence-corrected chi connectivity index (χ3v) is 1.42. The van der Waals surface area contributed by atoms with Gasteiger partial charge in [-0.15, -0.1) is 0 Å². The van der Waals surface area contributed by atoms with Crippen LogP contribution in [0.3, 0.4) is 0 Å². The van der Waals surface area contributed by atoms with Crippen molar-refractivity contribution in [3.8, 4) is 0 Å². The lowest BCUT2D eigenvalue weighted by Gasteiger charge is -2.10. The molecule has 0 bridgehead atoms. The Kier molecular flexibility index (Phi) is 0.989. The largest absolute Gasteiger partial charge is 0.247 e. The molecule has 0 atom stereocenters.